The van der Waals surface area contributed by atoms with E-state index in [1.54, 1.807) is 18.2 Å². The SMILES string of the molecule is O=C(O)CNc1ccc(C=CC(c2cc(Cl)c(Cl)c(Cl)c2)C(F)(F)F)cc1Br. The number of nitrogens with one attached hydrogen (secondary N) is 1. The molecule has 0 amide bonds. The zero-order chi connectivity index (χ0) is 21.1. The zero-order valence-corrected chi connectivity index (χ0v) is 17.7. The van der Waals surface area contributed by atoms with Crippen LogP contribution in [0.15, 0.2) is 40.9 Å². The second-order valence-corrected chi connectivity index (χ2v) is 7.71. The van der Waals surface area contributed by atoms with Gasteiger partial charge in [-0.2, -0.15) is 13.2 Å². The molecule has 0 spiro atoms. The van der Waals surface area contributed by atoms with Crippen molar-refractivity contribution in [3.8, 4) is 0 Å². The molecular formula is C18H12BrCl3F3NO2. The lowest BCUT2D eigenvalue weighted by molar-refractivity contribution is -0.139. The Hall–Kier alpha value is -1.41. The number of alkyl halides is 3. The highest BCUT2D eigenvalue weighted by Gasteiger charge is 2.39. The molecule has 10 heteroatoms. The number of carboxylic acids is 1. The van der Waals surface area contributed by atoms with E-state index in [-0.39, 0.29) is 27.2 Å². The molecular weight excluding hydrogens is 505 g/mol. The summed E-state index contributed by atoms with van der Waals surface area (Å²) in [6, 6.07) is 6.95. The fourth-order valence-electron chi connectivity index (χ4n) is 2.32. The van der Waals surface area contributed by atoms with Crippen LogP contribution in [-0.2, 0) is 4.79 Å². The van der Waals surface area contributed by atoms with Crippen molar-refractivity contribution in [1.82, 2.24) is 0 Å². The Labute approximate surface area is 182 Å². The zero-order valence-electron chi connectivity index (χ0n) is 13.8. The minimum absolute atomic E-state index is 0.00892. The molecule has 150 valence electrons. The first-order chi connectivity index (χ1) is 13.0. The molecule has 1 atom stereocenters. The summed E-state index contributed by atoms with van der Waals surface area (Å²) in [5.74, 6) is -2.98. The van der Waals surface area contributed by atoms with Gasteiger partial charge in [-0.15, -0.1) is 0 Å². The average molecular weight is 518 g/mol. The highest BCUT2D eigenvalue weighted by atomic mass is 79.9. The minimum Gasteiger partial charge on any atom is -0.480 e. The van der Waals surface area contributed by atoms with E-state index in [0.717, 1.165) is 18.2 Å². The summed E-state index contributed by atoms with van der Waals surface area (Å²) < 4.78 is 41.2. The van der Waals surface area contributed by atoms with E-state index in [9.17, 15) is 18.0 Å². The molecule has 3 nitrogen and oxygen atoms in total. The largest absolute Gasteiger partial charge is 0.480 e. The third-order valence-corrected chi connectivity index (χ3v) is 5.48. The molecule has 2 N–H and O–H groups in total. The number of hydrogen-bond donors (Lipinski definition) is 2. The normalized spacial score (nSPS) is 13.0. The van der Waals surface area contributed by atoms with Crippen LogP contribution in [0.1, 0.15) is 17.0 Å². The Balaban J connectivity index is 2.32. The summed E-state index contributed by atoms with van der Waals surface area (Å²) in [6.07, 6.45) is -2.28. The van der Waals surface area contributed by atoms with Crippen LogP contribution in [0.5, 0.6) is 0 Å². The quantitative estimate of drug-likeness (QED) is 0.397. The molecule has 0 bridgehead atoms. The van der Waals surface area contributed by atoms with E-state index in [0.29, 0.717) is 15.7 Å². The van der Waals surface area contributed by atoms with Gasteiger partial charge in [-0.25, -0.2) is 0 Å². The second kappa shape index (κ2) is 9.39. The van der Waals surface area contributed by atoms with Crippen LogP contribution in [-0.4, -0.2) is 23.8 Å². The molecule has 0 saturated carbocycles. The number of anilines is 1. The van der Waals surface area contributed by atoms with Gasteiger partial charge in [-0.1, -0.05) is 53.0 Å². The van der Waals surface area contributed by atoms with E-state index in [2.05, 4.69) is 21.2 Å². The lowest BCUT2D eigenvalue weighted by Gasteiger charge is -2.18. The van der Waals surface area contributed by atoms with Crippen molar-refractivity contribution in [3.63, 3.8) is 0 Å². The first-order valence-electron chi connectivity index (χ1n) is 7.63. The summed E-state index contributed by atoms with van der Waals surface area (Å²) in [5, 5.41) is 11.2. The molecule has 2 rings (SSSR count). The van der Waals surface area contributed by atoms with Gasteiger partial charge in [-0.05, 0) is 51.3 Å². The predicted molar refractivity (Wildman–Crippen MR) is 110 cm³/mol. The van der Waals surface area contributed by atoms with Crippen LogP contribution in [0.3, 0.4) is 0 Å². The van der Waals surface area contributed by atoms with Crippen LogP contribution in [0.2, 0.25) is 15.1 Å². The van der Waals surface area contributed by atoms with Crippen molar-refractivity contribution in [2.75, 3.05) is 11.9 Å². The van der Waals surface area contributed by atoms with Crippen LogP contribution < -0.4 is 5.32 Å². The van der Waals surface area contributed by atoms with E-state index >= 15 is 0 Å². The fourth-order valence-corrected chi connectivity index (χ4v) is 3.47. The molecule has 1 unspecified atom stereocenters. The van der Waals surface area contributed by atoms with Crippen LogP contribution in [0.4, 0.5) is 18.9 Å². The number of carboxylic acid groups (broad SMARTS) is 1. The number of aliphatic carboxylic acids is 1. The maximum Gasteiger partial charge on any atom is 0.399 e. The molecule has 0 saturated heterocycles. The summed E-state index contributed by atoms with van der Waals surface area (Å²) in [6.45, 7) is -0.290. The van der Waals surface area contributed by atoms with E-state index in [4.69, 9.17) is 39.9 Å². The first kappa shape index (κ1) is 22.9. The Morgan fingerprint density at radius 3 is 2.29 bits per heavy atom. The average Bonchev–Trinajstić information content (AvgIpc) is 2.57. The number of hydrogen-bond acceptors (Lipinski definition) is 2. The summed E-state index contributed by atoms with van der Waals surface area (Å²) in [7, 11) is 0. The molecule has 0 aliphatic heterocycles. The van der Waals surface area contributed by atoms with Crippen molar-refractivity contribution in [1.29, 1.82) is 0 Å². The molecule has 0 radical (unpaired) electrons. The molecule has 0 fully saturated rings. The van der Waals surface area contributed by atoms with Gasteiger partial charge in [0, 0.05) is 10.2 Å². The first-order valence-corrected chi connectivity index (χ1v) is 9.56. The monoisotopic (exact) mass is 515 g/mol. The second-order valence-electron chi connectivity index (χ2n) is 5.66. The Bertz CT molecular complexity index is 896. The molecule has 0 aromatic heterocycles. The number of allylic oxidation sites excluding steroid dienone is 1. The molecule has 0 aliphatic rings. The van der Waals surface area contributed by atoms with Gasteiger partial charge in [-0.3, -0.25) is 4.79 Å². The summed E-state index contributed by atoms with van der Waals surface area (Å²) in [4.78, 5) is 10.6. The number of rotatable bonds is 6. The number of halogens is 7. The Morgan fingerprint density at radius 2 is 1.79 bits per heavy atom. The highest BCUT2D eigenvalue weighted by molar-refractivity contribution is 9.10. The number of benzene rings is 2. The van der Waals surface area contributed by atoms with Crippen LogP contribution >= 0.6 is 50.7 Å². The number of carbonyl (C=O) groups is 1. The molecule has 2 aromatic rings. The molecule has 0 heterocycles. The van der Waals surface area contributed by atoms with Gasteiger partial charge < -0.3 is 10.4 Å². The predicted octanol–water partition coefficient (Wildman–Crippen LogP) is 7.27. The smallest absolute Gasteiger partial charge is 0.399 e. The fraction of sp³-hybridized carbons (Fsp3) is 0.167. The van der Waals surface area contributed by atoms with Crippen molar-refractivity contribution < 1.29 is 23.1 Å². The van der Waals surface area contributed by atoms with Gasteiger partial charge in [0.1, 0.15) is 6.54 Å². The third-order valence-electron chi connectivity index (χ3n) is 3.62. The summed E-state index contributed by atoms with van der Waals surface area (Å²) >= 11 is 20.8. The van der Waals surface area contributed by atoms with Gasteiger partial charge in [0.05, 0.1) is 21.0 Å². The van der Waals surface area contributed by atoms with Crippen LogP contribution in [0.25, 0.3) is 6.08 Å². The van der Waals surface area contributed by atoms with Gasteiger partial charge in [0.25, 0.3) is 0 Å². The maximum absolute atomic E-state index is 13.5. The van der Waals surface area contributed by atoms with Gasteiger partial charge in [0.15, 0.2) is 0 Å². The molecule has 2 aromatic carbocycles. The van der Waals surface area contributed by atoms with Crippen molar-refractivity contribution in [3.05, 3.63) is 67.1 Å². The van der Waals surface area contributed by atoms with Crippen molar-refractivity contribution in [2.24, 2.45) is 0 Å². The lowest BCUT2D eigenvalue weighted by atomic mass is 9.97. The van der Waals surface area contributed by atoms with Gasteiger partial charge in [0.2, 0.25) is 0 Å². The maximum atomic E-state index is 13.5. The van der Waals surface area contributed by atoms with Crippen molar-refractivity contribution >= 4 is 68.5 Å². The topological polar surface area (TPSA) is 49.3 Å². The standard InChI is InChI=1S/C18H12BrCl3F3NO2/c19-12-5-9(2-4-15(12)26-8-16(27)28)1-3-11(18(23,24)25)10-6-13(20)17(22)14(21)7-10/h1-7,11,26H,8H2,(H,27,28). The minimum atomic E-state index is -4.57. The van der Waals surface area contributed by atoms with E-state index < -0.39 is 18.1 Å². The Kier molecular flexibility index (Phi) is 7.67. The third kappa shape index (κ3) is 6.04. The highest BCUT2D eigenvalue weighted by Crippen LogP contribution is 2.41. The van der Waals surface area contributed by atoms with Crippen LogP contribution in [0, 0.1) is 0 Å². The molecule has 0 aliphatic carbocycles. The van der Waals surface area contributed by atoms with E-state index in [1.807, 2.05) is 0 Å². The van der Waals surface area contributed by atoms with Gasteiger partial charge >= 0.3 is 12.1 Å². The molecule has 28 heavy (non-hydrogen) atoms. The lowest BCUT2D eigenvalue weighted by Crippen LogP contribution is -2.19. The van der Waals surface area contributed by atoms with E-state index in [1.165, 1.54) is 6.08 Å². The Morgan fingerprint density at radius 1 is 1.18 bits per heavy atom. The summed E-state index contributed by atoms with van der Waals surface area (Å²) in [5.41, 5.74) is 0.846. The van der Waals surface area contributed by atoms with Crippen molar-refractivity contribution in [2.45, 2.75) is 12.1 Å².